The van der Waals surface area contributed by atoms with Gasteiger partial charge in [-0.05, 0) is 60.4 Å². The quantitative estimate of drug-likeness (QED) is 0.853. The van der Waals surface area contributed by atoms with Gasteiger partial charge in [-0.15, -0.1) is 0 Å². The number of ether oxygens (including phenoxy) is 2. The van der Waals surface area contributed by atoms with Crippen molar-refractivity contribution in [3.8, 4) is 0 Å². The van der Waals surface area contributed by atoms with Gasteiger partial charge in [-0.2, -0.15) is 0 Å². The van der Waals surface area contributed by atoms with E-state index in [4.69, 9.17) is 9.47 Å². The molecule has 0 radical (unpaired) electrons. The van der Waals surface area contributed by atoms with Crippen molar-refractivity contribution in [3.05, 3.63) is 0 Å². The largest absolute Gasteiger partial charge is 0.375 e. The topological polar surface area (TPSA) is 30.5 Å². The van der Waals surface area contributed by atoms with Crippen LogP contribution in [0.25, 0.3) is 0 Å². The van der Waals surface area contributed by atoms with E-state index in [0.717, 1.165) is 6.42 Å². The molecular formula is C16H29NO2. The number of nitrogens with one attached hydrogen (secondary N) is 1. The van der Waals surface area contributed by atoms with Crippen molar-refractivity contribution in [1.29, 1.82) is 0 Å². The number of rotatable bonds is 3. The molecule has 3 saturated heterocycles. The monoisotopic (exact) mass is 267 g/mol. The molecule has 0 amide bonds. The van der Waals surface area contributed by atoms with Crippen LogP contribution in [0.1, 0.15) is 53.4 Å². The lowest BCUT2D eigenvalue weighted by Crippen LogP contribution is -2.49. The van der Waals surface area contributed by atoms with E-state index in [2.05, 4.69) is 40.1 Å². The fraction of sp³-hybridized carbons (Fsp3) is 1.00. The lowest BCUT2D eigenvalue weighted by Gasteiger charge is -2.38. The molecule has 19 heavy (non-hydrogen) atoms. The summed E-state index contributed by atoms with van der Waals surface area (Å²) in [5.74, 6) is 1.24. The summed E-state index contributed by atoms with van der Waals surface area (Å²) in [5, 5.41) is 3.60. The van der Waals surface area contributed by atoms with Crippen molar-refractivity contribution >= 4 is 0 Å². The van der Waals surface area contributed by atoms with Gasteiger partial charge in [0.2, 0.25) is 0 Å². The summed E-state index contributed by atoms with van der Waals surface area (Å²) >= 11 is 0. The van der Waals surface area contributed by atoms with Crippen LogP contribution in [-0.2, 0) is 9.47 Å². The van der Waals surface area contributed by atoms with E-state index >= 15 is 0 Å². The van der Waals surface area contributed by atoms with Crippen molar-refractivity contribution in [3.63, 3.8) is 0 Å². The maximum absolute atomic E-state index is 6.29. The summed E-state index contributed by atoms with van der Waals surface area (Å²) in [6, 6.07) is 0.520. The highest BCUT2D eigenvalue weighted by Crippen LogP contribution is 2.49. The Hall–Kier alpha value is -0.120. The summed E-state index contributed by atoms with van der Waals surface area (Å²) in [4.78, 5) is 0. The van der Waals surface area contributed by atoms with Crippen LogP contribution < -0.4 is 5.32 Å². The first-order valence-corrected chi connectivity index (χ1v) is 7.85. The van der Waals surface area contributed by atoms with Crippen LogP contribution in [0.4, 0.5) is 0 Å². The van der Waals surface area contributed by atoms with E-state index < -0.39 is 0 Å². The Labute approximate surface area is 117 Å². The molecule has 0 spiro atoms. The van der Waals surface area contributed by atoms with Gasteiger partial charge in [-0.3, -0.25) is 0 Å². The molecule has 5 unspecified atom stereocenters. The van der Waals surface area contributed by atoms with Crippen LogP contribution in [-0.4, -0.2) is 36.5 Å². The maximum Gasteiger partial charge on any atom is 0.0677 e. The Balaban J connectivity index is 1.79. The van der Waals surface area contributed by atoms with Crippen molar-refractivity contribution in [2.45, 2.75) is 82.8 Å². The average molecular weight is 267 g/mol. The van der Waals surface area contributed by atoms with Gasteiger partial charge >= 0.3 is 0 Å². The Bertz CT molecular complexity index is 353. The molecule has 3 aliphatic rings. The molecule has 3 heterocycles. The van der Waals surface area contributed by atoms with E-state index in [1.165, 1.54) is 19.3 Å². The van der Waals surface area contributed by atoms with Gasteiger partial charge in [0.1, 0.15) is 0 Å². The van der Waals surface area contributed by atoms with Gasteiger partial charge in [0.15, 0.2) is 0 Å². The summed E-state index contributed by atoms with van der Waals surface area (Å²) in [7, 11) is 2.11. The van der Waals surface area contributed by atoms with Gasteiger partial charge in [0.05, 0.1) is 23.4 Å². The second-order valence-corrected chi connectivity index (χ2v) is 7.86. The standard InChI is InChI=1S/C16H29NO2/c1-15(2)9-12(16(3,4)19-15)14(17-5)11-8-10-6-7-13(11)18-10/h10-14,17H,6-9H2,1-5H3. The minimum atomic E-state index is -0.0426. The summed E-state index contributed by atoms with van der Waals surface area (Å²) in [6.45, 7) is 8.95. The molecule has 0 aromatic carbocycles. The van der Waals surface area contributed by atoms with Crippen LogP contribution in [0.5, 0.6) is 0 Å². The first kappa shape index (κ1) is 13.8. The number of fused-ring (bicyclic) bond motifs is 2. The first-order chi connectivity index (χ1) is 8.82. The van der Waals surface area contributed by atoms with E-state index in [1.54, 1.807) is 0 Å². The molecule has 110 valence electrons. The Kier molecular flexibility index (Phi) is 3.23. The van der Waals surface area contributed by atoms with Gasteiger partial charge in [0.25, 0.3) is 0 Å². The highest BCUT2D eigenvalue weighted by Gasteiger charge is 2.54. The molecule has 2 bridgehead atoms. The Morgan fingerprint density at radius 3 is 2.32 bits per heavy atom. The van der Waals surface area contributed by atoms with E-state index in [-0.39, 0.29) is 11.2 Å². The van der Waals surface area contributed by atoms with Crippen molar-refractivity contribution in [2.24, 2.45) is 11.8 Å². The first-order valence-electron chi connectivity index (χ1n) is 7.85. The van der Waals surface area contributed by atoms with Crippen LogP contribution in [0.2, 0.25) is 0 Å². The SMILES string of the molecule is CNC(C1CC2CCC1O2)C1CC(C)(C)OC1(C)C. The normalized spacial score (nSPS) is 44.7. The molecule has 0 aromatic heterocycles. The van der Waals surface area contributed by atoms with Gasteiger partial charge in [-0.1, -0.05) is 0 Å². The Morgan fingerprint density at radius 2 is 1.89 bits per heavy atom. The summed E-state index contributed by atoms with van der Waals surface area (Å²) in [6.07, 6.45) is 5.92. The van der Waals surface area contributed by atoms with E-state index in [0.29, 0.717) is 30.1 Å². The lowest BCUT2D eigenvalue weighted by molar-refractivity contribution is -0.0803. The predicted octanol–water partition coefficient (Wildman–Crippen LogP) is 2.74. The zero-order chi connectivity index (χ0) is 13.8. The number of hydrogen-bond acceptors (Lipinski definition) is 3. The van der Waals surface area contributed by atoms with E-state index in [1.807, 2.05) is 0 Å². The molecule has 0 aromatic rings. The zero-order valence-corrected chi connectivity index (χ0v) is 13.0. The third-order valence-electron chi connectivity index (χ3n) is 5.52. The maximum atomic E-state index is 6.29. The molecule has 3 heteroatoms. The van der Waals surface area contributed by atoms with Crippen LogP contribution in [0.3, 0.4) is 0 Å². The molecule has 0 aliphatic carbocycles. The molecule has 3 nitrogen and oxygen atoms in total. The molecule has 0 saturated carbocycles. The average Bonchev–Trinajstić information content (AvgIpc) is 2.93. The highest BCUT2D eigenvalue weighted by molar-refractivity contribution is 5.05. The molecular weight excluding hydrogens is 238 g/mol. The molecule has 3 aliphatic heterocycles. The third kappa shape index (κ3) is 2.34. The second-order valence-electron chi connectivity index (χ2n) is 7.86. The zero-order valence-electron chi connectivity index (χ0n) is 13.0. The van der Waals surface area contributed by atoms with Crippen molar-refractivity contribution in [1.82, 2.24) is 5.32 Å². The van der Waals surface area contributed by atoms with Crippen molar-refractivity contribution in [2.75, 3.05) is 7.05 Å². The van der Waals surface area contributed by atoms with Gasteiger partial charge in [0, 0.05) is 17.9 Å². The Morgan fingerprint density at radius 1 is 1.16 bits per heavy atom. The molecule has 3 rings (SSSR count). The fourth-order valence-electron chi connectivity index (χ4n) is 4.93. The smallest absolute Gasteiger partial charge is 0.0677 e. The second kappa shape index (κ2) is 4.44. The van der Waals surface area contributed by atoms with Crippen LogP contribution >= 0.6 is 0 Å². The predicted molar refractivity (Wildman–Crippen MR) is 76.2 cm³/mol. The summed E-state index contributed by atoms with van der Waals surface area (Å²) < 4.78 is 12.4. The van der Waals surface area contributed by atoms with Crippen LogP contribution in [0, 0.1) is 11.8 Å². The van der Waals surface area contributed by atoms with Gasteiger partial charge < -0.3 is 14.8 Å². The summed E-state index contributed by atoms with van der Waals surface area (Å²) in [5.41, 5.74) is -0.0409. The molecule has 5 atom stereocenters. The fourth-order valence-corrected chi connectivity index (χ4v) is 4.93. The minimum Gasteiger partial charge on any atom is -0.375 e. The minimum absolute atomic E-state index is 0.00173. The van der Waals surface area contributed by atoms with Crippen LogP contribution in [0.15, 0.2) is 0 Å². The van der Waals surface area contributed by atoms with Crippen molar-refractivity contribution < 1.29 is 9.47 Å². The molecule has 3 fully saturated rings. The number of hydrogen-bond donors (Lipinski definition) is 1. The van der Waals surface area contributed by atoms with Gasteiger partial charge in [-0.25, -0.2) is 0 Å². The highest BCUT2D eigenvalue weighted by atomic mass is 16.5. The third-order valence-corrected chi connectivity index (χ3v) is 5.52. The molecule has 1 N–H and O–H groups in total. The van der Waals surface area contributed by atoms with E-state index in [9.17, 15) is 0 Å². The lowest BCUT2D eigenvalue weighted by atomic mass is 9.72.